The fraction of sp³-hybridized carbons (Fsp3) is 0.467. The minimum Gasteiger partial charge on any atom is -0.478 e. The second-order valence-electron chi connectivity index (χ2n) is 5.12. The van der Waals surface area contributed by atoms with E-state index in [-0.39, 0.29) is 16.7 Å². The molecular weight excluding hydrogens is 291 g/mol. The number of hydrogen-bond acceptors (Lipinski definition) is 3. The largest absolute Gasteiger partial charge is 0.478 e. The smallest absolute Gasteiger partial charge is 0.335 e. The van der Waals surface area contributed by atoms with Crippen LogP contribution in [0.3, 0.4) is 0 Å². The lowest BCUT2D eigenvalue weighted by Crippen LogP contribution is -2.06. The van der Waals surface area contributed by atoms with Gasteiger partial charge in [0.2, 0.25) is 0 Å². The summed E-state index contributed by atoms with van der Waals surface area (Å²) in [4.78, 5) is 21.2. The maximum atomic E-state index is 11.4. The number of rotatable bonds is 3. The number of aromatic carboxylic acids is 2. The van der Waals surface area contributed by atoms with Gasteiger partial charge in [0.05, 0.1) is 18.3 Å². The van der Waals surface area contributed by atoms with Crippen LogP contribution in [-0.2, 0) is 4.57 Å². The van der Waals surface area contributed by atoms with Crippen LogP contribution in [0.1, 0.15) is 46.0 Å². The fourth-order valence-electron chi connectivity index (χ4n) is 2.33. The lowest BCUT2D eigenvalue weighted by molar-refractivity contribution is 0.0696. The summed E-state index contributed by atoms with van der Waals surface area (Å²) in [5.74, 6) is -2.22. The zero-order valence-electron chi connectivity index (χ0n) is 12.3. The molecule has 0 saturated carbocycles. The molecule has 5 nitrogen and oxygen atoms in total. The van der Waals surface area contributed by atoms with Crippen molar-refractivity contribution in [2.45, 2.75) is 26.7 Å². The fourth-order valence-corrected chi connectivity index (χ4v) is 4.78. The molecule has 6 heteroatoms. The molecule has 1 fully saturated rings. The third kappa shape index (κ3) is 4.71. The maximum absolute atomic E-state index is 11.4. The zero-order valence-corrected chi connectivity index (χ0v) is 13.2. The summed E-state index contributed by atoms with van der Waals surface area (Å²) in [6.45, 7) is 3.53. The molecule has 1 aliphatic rings. The van der Waals surface area contributed by atoms with E-state index in [1.165, 1.54) is 38.0 Å². The second kappa shape index (κ2) is 7.41. The van der Waals surface area contributed by atoms with Crippen LogP contribution in [0.5, 0.6) is 0 Å². The number of benzene rings is 1. The average Bonchev–Trinajstić information content (AvgIpc) is 2.87. The quantitative estimate of drug-likeness (QED) is 0.833. The van der Waals surface area contributed by atoms with E-state index in [0.717, 1.165) is 18.5 Å². The van der Waals surface area contributed by atoms with Crippen molar-refractivity contribution >= 4 is 19.1 Å². The van der Waals surface area contributed by atoms with Crippen LogP contribution in [0, 0.1) is 6.92 Å². The van der Waals surface area contributed by atoms with Crippen molar-refractivity contribution in [3.8, 4) is 0 Å². The third-order valence-electron chi connectivity index (χ3n) is 3.75. The Morgan fingerprint density at radius 3 is 1.81 bits per heavy atom. The summed E-state index contributed by atoms with van der Waals surface area (Å²) in [5, 5.41) is 17.4. The Bertz CT molecular complexity index is 537. The number of hydrogen-bond donors (Lipinski definition) is 2. The van der Waals surface area contributed by atoms with Gasteiger partial charge in [-0.2, -0.15) is 0 Å². The highest BCUT2D eigenvalue weighted by Gasteiger charge is 2.23. The van der Waals surface area contributed by atoms with Gasteiger partial charge in [-0.1, -0.05) is 13.0 Å². The molecule has 1 saturated heterocycles. The van der Waals surface area contributed by atoms with E-state index in [1.807, 2.05) is 6.92 Å². The number of carbonyl (C=O) groups is 2. The molecule has 1 heterocycles. The first-order chi connectivity index (χ1) is 9.80. The predicted octanol–water partition coefficient (Wildman–Crippen LogP) is 3.55. The molecule has 2 N–H and O–H groups in total. The highest BCUT2D eigenvalue weighted by Crippen LogP contribution is 2.51. The van der Waals surface area contributed by atoms with Gasteiger partial charge in [-0.05, 0) is 43.6 Å². The summed E-state index contributed by atoms with van der Waals surface area (Å²) in [6.07, 6.45) is 5.43. The molecule has 0 radical (unpaired) electrons. The molecule has 0 aromatic heterocycles. The lowest BCUT2D eigenvalue weighted by Gasteiger charge is -2.03. The Kier molecular flexibility index (Phi) is 6.16. The van der Waals surface area contributed by atoms with Crippen LogP contribution in [0.4, 0.5) is 0 Å². The number of carboxylic acid groups (broad SMARTS) is 2. The topological polar surface area (TPSA) is 91.7 Å². The molecular formula is C15H21O5P. The molecule has 0 atom stereocenters. The van der Waals surface area contributed by atoms with Gasteiger partial charge in [-0.3, -0.25) is 0 Å². The van der Waals surface area contributed by atoms with Gasteiger partial charge >= 0.3 is 11.9 Å². The molecule has 0 spiro atoms. The minimum atomic E-state index is -1.55. The summed E-state index contributed by atoms with van der Waals surface area (Å²) < 4.78 is 11.4. The standard InChI is InChI=1S/C9H8O4.C6H13OP/c1-5-6(8(10)11)3-2-4-7(5)9(12)13;1-2-8(7)5-3-4-6-8/h2-4H,1H3,(H,10,11)(H,12,13);2-6H2,1H3. The van der Waals surface area contributed by atoms with Crippen LogP contribution in [0.2, 0.25) is 0 Å². The minimum absolute atomic E-state index is 0.0277. The summed E-state index contributed by atoms with van der Waals surface area (Å²) in [6, 6.07) is 4.17. The Labute approximate surface area is 124 Å². The van der Waals surface area contributed by atoms with Gasteiger partial charge in [0, 0.05) is 12.3 Å². The monoisotopic (exact) mass is 312 g/mol. The van der Waals surface area contributed by atoms with Gasteiger partial charge in [0.1, 0.15) is 0 Å². The van der Waals surface area contributed by atoms with Crippen molar-refractivity contribution < 1.29 is 24.4 Å². The SMILES string of the molecule is CCP1(=O)CCCC1.Cc1c(C(=O)O)cccc1C(=O)O. The molecule has 1 aromatic carbocycles. The zero-order chi connectivity index (χ0) is 16.0. The molecule has 21 heavy (non-hydrogen) atoms. The normalized spacial score (nSPS) is 15.9. The second-order valence-corrected chi connectivity index (χ2v) is 8.76. The van der Waals surface area contributed by atoms with Crippen LogP contribution in [0.15, 0.2) is 18.2 Å². The van der Waals surface area contributed by atoms with Gasteiger partial charge in [-0.25, -0.2) is 9.59 Å². The Hall–Kier alpha value is -1.61. The van der Waals surface area contributed by atoms with Crippen molar-refractivity contribution in [3.05, 3.63) is 34.9 Å². The first-order valence-corrected chi connectivity index (χ1v) is 9.20. The van der Waals surface area contributed by atoms with Crippen molar-refractivity contribution in [2.75, 3.05) is 18.5 Å². The first-order valence-electron chi connectivity index (χ1n) is 6.94. The predicted molar refractivity (Wildman–Crippen MR) is 82.2 cm³/mol. The molecule has 0 bridgehead atoms. The summed E-state index contributed by atoms with van der Waals surface area (Å²) in [5.41, 5.74) is 0.335. The van der Waals surface area contributed by atoms with Crippen LogP contribution in [-0.4, -0.2) is 40.6 Å². The van der Waals surface area contributed by atoms with Crippen LogP contribution in [0.25, 0.3) is 0 Å². The molecule has 1 aromatic rings. The molecule has 0 amide bonds. The van der Waals surface area contributed by atoms with Crippen molar-refractivity contribution in [1.29, 1.82) is 0 Å². The van der Waals surface area contributed by atoms with E-state index < -0.39 is 19.1 Å². The Morgan fingerprint density at radius 2 is 1.52 bits per heavy atom. The van der Waals surface area contributed by atoms with E-state index in [1.54, 1.807) is 0 Å². The van der Waals surface area contributed by atoms with Crippen LogP contribution < -0.4 is 0 Å². The average molecular weight is 312 g/mol. The molecule has 1 aliphatic heterocycles. The maximum Gasteiger partial charge on any atom is 0.335 e. The number of carboxylic acids is 2. The molecule has 116 valence electrons. The molecule has 0 unspecified atom stereocenters. The van der Waals surface area contributed by atoms with Gasteiger partial charge in [0.25, 0.3) is 0 Å². The molecule has 0 aliphatic carbocycles. The van der Waals surface area contributed by atoms with Crippen molar-refractivity contribution in [3.63, 3.8) is 0 Å². The highest BCUT2D eigenvalue weighted by atomic mass is 31.2. The van der Waals surface area contributed by atoms with E-state index in [0.29, 0.717) is 0 Å². The summed E-state index contributed by atoms with van der Waals surface area (Å²) >= 11 is 0. The van der Waals surface area contributed by atoms with Crippen LogP contribution >= 0.6 is 7.14 Å². The Balaban J connectivity index is 0.000000235. The van der Waals surface area contributed by atoms with E-state index in [9.17, 15) is 14.2 Å². The molecule has 2 rings (SSSR count). The highest BCUT2D eigenvalue weighted by molar-refractivity contribution is 7.64. The third-order valence-corrected chi connectivity index (χ3v) is 7.17. The van der Waals surface area contributed by atoms with Gasteiger partial charge < -0.3 is 14.8 Å². The first kappa shape index (κ1) is 17.4. The lowest BCUT2D eigenvalue weighted by atomic mass is 10.0. The van der Waals surface area contributed by atoms with Crippen molar-refractivity contribution in [1.82, 2.24) is 0 Å². The van der Waals surface area contributed by atoms with Crippen molar-refractivity contribution in [2.24, 2.45) is 0 Å². The van der Waals surface area contributed by atoms with E-state index in [4.69, 9.17) is 10.2 Å². The van der Waals surface area contributed by atoms with Gasteiger partial charge in [-0.15, -0.1) is 0 Å². The van der Waals surface area contributed by atoms with E-state index >= 15 is 0 Å². The Morgan fingerprint density at radius 1 is 1.10 bits per heavy atom. The van der Waals surface area contributed by atoms with Gasteiger partial charge in [0.15, 0.2) is 0 Å². The summed E-state index contributed by atoms with van der Waals surface area (Å²) in [7, 11) is -1.55. The van der Waals surface area contributed by atoms with E-state index in [2.05, 4.69) is 0 Å².